The van der Waals surface area contributed by atoms with Gasteiger partial charge in [-0.2, -0.15) is 0 Å². The van der Waals surface area contributed by atoms with Crippen LogP contribution in [-0.4, -0.2) is 18.0 Å². The molecule has 2 aromatic rings. The van der Waals surface area contributed by atoms with Crippen LogP contribution in [0, 0.1) is 13.8 Å². The van der Waals surface area contributed by atoms with E-state index in [1.54, 1.807) is 13.3 Å². The number of nitrogens with zero attached hydrogens (tertiary/aromatic N) is 2. The van der Waals surface area contributed by atoms with E-state index in [0.717, 1.165) is 28.0 Å². The topological polar surface area (TPSA) is 55.7 Å². The van der Waals surface area contributed by atoms with Crippen LogP contribution in [0.2, 0.25) is 0 Å². The normalized spacial score (nSPS) is 17.3. The fourth-order valence-corrected chi connectivity index (χ4v) is 2.29. The maximum Gasteiger partial charge on any atom is 0.242 e. The Morgan fingerprint density at radius 3 is 2.81 bits per heavy atom. The molecule has 0 saturated carbocycles. The predicted molar refractivity (Wildman–Crippen MR) is 80.2 cm³/mol. The molecule has 1 N–H and O–H groups in total. The minimum Gasteiger partial charge on any atom is -0.496 e. The summed E-state index contributed by atoms with van der Waals surface area (Å²) in [6, 6.07) is 7.83. The lowest BCUT2D eigenvalue weighted by molar-refractivity contribution is 0.180. The van der Waals surface area contributed by atoms with Gasteiger partial charge in [0.1, 0.15) is 5.75 Å². The van der Waals surface area contributed by atoms with Crippen LogP contribution in [0.3, 0.4) is 0 Å². The third-order valence-corrected chi connectivity index (χ3v) is 3.53. The molecule has 0 bridgehead atoms. The number of benzene rings is 1. The van der Waals surface area contributed by atoms with Crippen LogP contribution in [0.15, 0.2) is 41.7 Å². The number of rotatable bonds is 3. The number of aliphatic imine (C=N–C) groups is 1. The SMILES string of the molecule is COc1cc(C2=NC(c3ccncc3C)NO2)ccc1C. The van der Waals surface area contributed by atoms with Crippen molar-refractivity contribution in [2.75, 3.05) is 7.11 Å². The van der Waals surface area contributed by atoms with Gasteiger partial charge in [0.25, 0.3) is 0 Å². The molecule has 21 heavy (non-hydrogen) atoms. The Bertz CT molecular complexity index is 698. The van der Waals surface area contributed by atoms with E-state index in [1.807, 2.05) is 44.3 Å². The lowest BCUT2D eigenvalue weighted by atomic mass is 10.1. The van der Waals surface area contributed by atoms with Gasteiger partial charge in [0.2, 0.25) is 5.90 Å². The first-order valence-corrected chi connectivity index (χ1v) is 6.74. The molecule has 0 amide bonds. The fraction of sp³-hybridized carbons (Fsp3) is 0.250. The number of nitrogens with one attached hydrogen (secondary N) is 1. The largest absolute Gasteiger partial charge is 0.496 e. The first-order valence-electron chi connectivity index (χ1n) is 6.74. The van der Waals surface area contributed by atoms with Crippen molar-refractivity contribution < 1.29 is 9.57 Å². The molecule has 1 aromatic carbocycles. The monoisotopic (exact) mass is 283 g/mol. The Balaban J connectivity index is 1.91. The summed E-state index contributed by atoms with van der Waals surface area (Å²) < 4.78 is 5.34. The van der Waals surface area contributed by atoms with Crippen molar-refractivity contribution in [2.24, 2.45) is 4.99 Å². The molecule has 1 aliphatic heterocycles. The molecule has 0 spiro atoms. The van der Waals surface area contributed by atoms with Crippen molar-refractivity contribution in [3.63, 3.8) is 0 Å². The van der Waals surface area contributed by atoms with Crippen molar-refractivity contribution in [2.45, 2.75) is 20.0 Å². The second kappa shape index (κ2) is 5.54. The molecule has 0 fully saturated rings. The van der Waals surface area contributed by atoms with Gasteiger partial charge in [-0.25, -0.2) is 4.99 Å². The van der Waals surface area contributed by atoms with Gasteiger partial charge < -0.3 is 9.57 Å². The van der Waals surface area contributed by atoms with Crippen molar-refractivity contribution in [3.8, 4) is 5.75 Å². The number of pyridine rings is 1. The number of aromatic nitrogens is 1. The fourth-order valence-electron chi connectivity index (χ4n) is 2.29. The Morgan fingerprint density at radius 2 is 2.05 bits per heavy atom. The van der Waals surface area contributed by atoms with Gasteiger partial charge >= 0.3 is 0 Å². The van der Waals surface area contributed by atoms with E-state index >= 15 is 0 Å². The number of hydrogen-bond acceptors (Lipinski definition) is 5. The Morgan fingerprint density at radius 1 is 1.19 bits per heavy atom. The highest BCUT2D eigenvalue weighted by Crippen LogP contribution is 2.25. The first-order chi connectivity index (χ1) is 10.2. The number of hydrogen-bond donors (Lipinski definition) is 1. The van der Waals surface area contributed by atoms with Gasteiger partial charge in [0.05, 0.1) is 7.11 Å². The number of ether oxygens (including phenoxy) is 1. The Labute approximate surface area is 123 Å². The average molecular weight is 283 g/mol. The highest BCUT2D eigenvalue weighted by atomic mass is 16.7. The smallest absolute Gasteiger partial charge is 0.242 e. The van der Waals surface area contributed by atoms with E-state index in [1.165, 1.54) is 0 Å². The summed E-state index contributed by atoms with van der Waals surface area (Å²) in [5, 5.41) is 0. The van der Waals surface area contributed by atoms with E-state index in [9.17, 15) is 0 Å². The van der Waals surface area contributed by atoms with Crippen LogP contribution in [0.1, 0.15) is 28.4 Å². The molecule has 3 rings (SSSR count). The zero-order valence-electron chi connectivity index (χ0n) is 12.3. The minimum atomic E-state index is -0.213. The molecule has 1 aromatic heterocycles. The zero-order valence-corrected chi connectivity index (χ0v) is 12.3. The van der Waals surface area contributed by atoms with E-state index in [2.05, 4.69) is 15.5 Å². The van der Waals surface area contributed by atoms with E-state index in [4.69, 9.17) is 9.57 Å². The predicted octanol–water partition coefficient (Wildman–Crippen LogP) is 2.69. The van der Waals surface area contributed by atoms with Crippen LogP contribution >= 0.6 is 0 Å². The van der Waals surface area contributed by atoms with Crippen LogP contribution in [0.25, 0.3) is 0 Å². The van der Waals surface area contributed by atoms with Gasteiger partial charge in [0, 0.05) is 18.0 Å². The van der Waals surface area contributed by atoms with Gasteiger partial charge in [-0.3, -0.25) is 4.98 Å². The van der Waals surface area contributed by atoms with Crippen molar-refractivity contribution >= 4 is 5.90 Å². The maximum absolute atomic E-state index is 5.52. The van der Waals surface area contributed by atoms with Crippen LogP contribution < -0.4 is 10.2 Å². The van der Waals surface area contributed by atoms with Crippen molar-refractivity contribution in [3.05, 3.63) is 58.9 Å². The Hall–Kier alpha value is -2.40. The van der Waals surface area contributed by atoms with Gasteiger partial charge in [-0.1, -0.05) is 6.07 Å². The average Bonchev–Trinajstić information content (AvgIpc) is 2.98. The Kier molecular flexibility index (Phi) is 3.58. The van der Waals surface area contributed by atoms with Crippen molar-refractivity contribution in [1.82, 2.24) is 10.5 Å². The van der Waals surface area contributed by atoms with Crippen molar-refractivity contribution in [1.29, 1.82) is 0 Å². The molecule has 1 unspecified atom stereocenters. The lowest BCUT2D eigenvalue weighted by Gasteiger charge is -2.08. The summed E-state index contributed by atoms with van der Waals surface area (Å²) in [5.74, 6) is 1.39. The first kappa shape index (κ1) is 13.6. The zero-order chi connectivity index (χ0) is 14.8. The molecule has 5 heteroatoms. The molecular formula is C16H17N3O2. The summed E-state index contributed by atoms with van der Waals surface area (Å²) >= 11 is 0. The lowest BCUT2D eigenvalue weighted by Crippen LogP contribution is -2.15. The summed E-state index contributed by atoms with van der Waals surface area (Å²) in [4.78, 5) is 14.2. The van der Waals surface area contributed by atoms with Crippen LogP contribution in [0.5, 0.6) is 5.75 Å². The van der Waals surface area contributed by atoms with E-state index < -0.39 is 0 Å². The second-order valence-corrected chi connectivity index (χ2v) is 4.97. The molecule has 0 saturated heterocycles. The summed E-state index contributed by atoms with van der Waals surface area (Å²) in [6.45, 7) is 4.01. The summed E-state index contributed by atoms with van der Waals surface area (Å²) in [7, 11) is 1.66. The summed E-state index contributed by atoms with van der Waals surface area (Å²) in [6.07, 6.45) is 3.36. The summed E-state index contributed by atoms with van der Waals surface area (Å²) in [5.41, 5.74) is 7.04. The number of aryl methyl sites for hydroxylation is 2. The standard InChI is InChI=1S/C16H17N3O2/c1-10-4-5-12(8-14(10)20-3)16-18-15(19-21-16)13-6-7-17-9-11(13)2/h4-9,15,19H,1-3H3. The molecule has 0 aliphatic carbocycles. The molecule has 108 valence electrons. The second-order valence-electron chi connectivity index (χ2n) is 4.97. The molecule has 1 atom stereocenters. The van der Waals surface area contributed by atoms with Crippen LogP contribution in [-0.2, 0) is 4.84 Å². The highest BCUT2D eigenvalue weighted by Gasteiger charge is 2.23. The maximum atomic E-state index is 5.52. The quantitative estimate of drug-likeness (QED) is 0.941. The molecule has 5 nitrogen and oxygen atoms in total. The van der Waals surface area contributed by atoms with Crippen LogP contribution in [0.4, 0.5) is 0 Å². The minimum absolute atomic E-state index is 0.213. The number of hydroxylamine groups is 1. The van der Waals surface area contributed by atoms with E-state index in [-0.39, 0.29) is 6.17 Å². The molecule has 0 radical (unpaired) electrons. The molecule has 2 heterocycles. The molecule has 1 aliphatic rings. The van der Waals surface area contributed by atoms with Gasteiger partial charge in [-0.05, 0) is 48.7 Å². The third kappa shape index (κ3) is 2.60. The van der Waals surface area contributed by atoms with Gasteiger partial charge in [0.15, 0.2) is 6.17 Å². The highest BCUT2D eigenvalue weighted by molar-refractivity contribution is 5.95. The van der Waals surface area contributed by atoms with Gasteiger partial charge in [-0.15, -0.1) is 5.48 Å². The van der Waals surface area contributed by atoms with E-state index in [0.29, 0.717) is 5.90 Å². The number of methoxy groups -OCH3 is 1. The third-order valence-electron chi connectivity index (χ3n) is 3.53. The molecular weight excluding hydrogens is 266 g/mol.